The highest BCUT2D eigenvalue weighted by Crippen LogP contribution is 2.10. The van der Waals surface area contributed by atoms with E-state index in [1.54, 1.807) is 0 Å². The minimum Gasteiger partial charge on any atom is -0.103 e. The van der Waals surface area contributed by atoms with E-state index in [1.807, 2.05) is 18.2 Å². The number of hydrogen-bond acceptors (Lipinski definition) is 0. The summed E-state index contributed by atoms with van der Waals surface area (Å²) in [6, 6.07) is 11.4. The zero-order valence-corrected chi connectivity index (χ0v) is 7.59. The van der Waals surface area contributed by atoms with Crippen LogP contribution in [-0.2, 0) is 6.42 Å². The summed E-state index contributed by atoms with van der Waals surface area (Å²) in [6.07, 6.45) is 4.17. The van der Waals surface area contributed by atoms with Gasteiger partial charge < -0.3 is 0 Å². The van der Waals surface area contributed by atoms with E-state index < -0.39 is 0 Å². The van der Waals surface area contributed by atoms with Gasteiger partial charge in [0.25, 0.3) is 0 Å². The Bertz CT molecular complexity index is 223. The van der Waals surface area contributed by atoms with E-state index in [-0.39, 0.29) is 0 Å². The maximum atomic E-state index is 3.73. The topological polar surface area (TPSA) is 0 Å². The zero-order valence-electron chi connectivity index (χ0n) is 7.59. The molecular formula is C12H15. The smallest absolute Gasteiger partial charge is 0.0149 e. The summed E-state index contributed by atoms with van der Waals surface area (Å²) in [5, 5.41) is 0. The average Bonchev–Trinajstić information content (AvgIpc) is 2.06. The predicted octanol–water partition coefficient (Wildman–Crippen LogP) is 3.24. The van der Waals surface area contributed by atoms with Gasteiger partial charge in [-0.25, -0.2) is 0 Å². The van der Waals surface area contributed by atoms with Gasteiger partial charge in [-0.05, 0) is 30.4 Å². The lowest BCUT2D eigenvalue weighted by atomic mass is 9.98. The lowest BCUT2D eigenvalue weighted by molar-refractivity contribution is 0.590. The zero-order chi connectivity index (χ0) is 8.81. The molecule has 0 aliphatic rings. The van der Waals surface area contributed by atoms with E-state index in [9.17, 15) is 0 Å². The van der Waals surface area contributed by atoms with E-state index in [0.717, 1.165) is 12.8 Å². The third-order valence-electron chi connectivity index (χ3n) is 1.91. The predicted molar refractivity (Wildman–Crippen MR) is 53.0 cm³/mol. The Morgan fingerprint density at radius 2 is 2.42 bits per heavy atom. The number of rotatable bonds is 4. The van der Waals surface area contributed by atoms with Gasteiger partial charge in [-0.2, -0.15) is 0 Å². The third kappa shape index (κ3) is 2.91. The molecule has 0 nitrogen and oxygen atoms in total. The van der Waals surface area contributed by atoms with Crippen molar-refractivity contribution in [3.8, 4) is 0 Å². The molecule has 0 N–H and O–H groups in total. The van der Waals surface area contributed by atoms with Crippen LogP contribution in [0.2, 0.25) is 0 Å². The maximum Gasteiger partial charge on any atom is -0.0149 e. The Morgan fingerprint density at radius 1 is 1.58 bits per heavy atom. The molecule has 1 radical (unpaired) electrons. The molecule has 0 aromatic heterocycles. The van der Waals surface area contributed by atoms with Crippen LogP contribution in [-0.4, -0.2) is 0 Å². The third-order valence-corrected chi connectivity index (χ3v) is 1.91. The summed E-state index contributed by atoms with van der Waals surface area (Å²) in [7, 11) is 0. The largest absolute Gasteiger partial charge is 0.103 e. The number of benzene rings is 1. The molecular weight excluding hydrogens is 144 g/mol. The van der Waals surface area contributed by atoms with Crippen molar-refractivity contribution in [2.75, 3.05) is 0 Å². The van der Waals surface area contributed by atoms with Crippen LogP contribution in [0.15, 0.2) is 36.9 Å². The Morgan fingerprint density at radius 3 is 3.00 bits per heavy atom. The van der Waals surface area contributed by atoms with Crippen LogP contribution in [0.25, 0.3) is 0 Å². The normalized spacial score (nSPS) is 12.4. The summed E-state index contributed by atoms with van der Waals surface area (Å²) in [5.41, 5.74) is 1.30. The van der Waals surface area contributed by atoms with E-state index in [0.29, 0.717) is 5.92 Å². The second-order valence-corrected chi connectivity index (χ2v) is 3.22. The van der Waals surface area contributed by atoms with Gasteiger partial charge in [0.05, 0.1) is 0 Å². The molecule has 1 aromatic rings. The van der Waals surface area contributed by atoms with Crippen molar-refractivity contribution in [1.29, 1.82) is 0 Å². The Hall–Kier alpha value is -1.04. The minimum atomic E-state index is 0.682. The molecule has 0 spiro atoms. The van der Waals surface area contributed by atoms with Gasteiger partial charge in [-0.3, -0.25) is 0 Å². The summed E-state index contributed by atoms with van der Waals surface area (Å²) < 4.78 is 0. The fraction of sp³-hybridized carbons (Fsp3) is 0.333. The fourth-order valence-corrected chi connectivity index (χ4v) is 1.30. The molecule has 0 heteroatoms. The first-order valence-corrected chi connectivity index (χ1v) is 4.39. The van der Waals surface area contributed by atoms with Crippen LogP contribution in [0.3, 0.4) is 0 Å². The highest BCUT2D eigenvalue weighted by molar-refractivity contribution is 5.13. The van der Waals surface area contributed by atoms with Crippen LogP contribution < -0.4 is 0 Å². The van der Waals surface area contributed by atoms with Gasteiger partial charge in [0, 0.05) is 0 Å². The number of allylic oxidation sites excluding steroid dienone is 1. The maximum absolute atomic E-state index is 3.73. The Kier molecular flexibility index (Phi) is 3.59. The molecule has 0 bridgehead atoms. The monoisotopic (exact) mass is 159 g/mol. The standard InChI is InChI=1S/C12H15/c1-3-7-11(2)10-12-8-5-4-6-9-12/h3-6,8,11H,1,7,10H2,2H3. The first kappa shape index (κ1) is 9.05. The highest BCUT2D eigenvalue weighted by Gasteiger charge is 2.00. The van der Waals surface area contributed by atoms with Gasteiger partial charge in [0.15, 0.2) is 0 Å². The van der Waals surface area contributed by atoms with Crippen molar-refractivity contribution < 1.29 is 0 Å². The number of hydrogen-bond donors (Lipinski definition) is 0. The minimum absolute atomic E-state index is 0.682. The molecule has 1 unspecified atom stereocenters. The molecule has 12 heavy (non-hydrogen) atoms. The van der Waals surface area contributed by atoms with E-state index in [4.69, 9.17) is 0 Å². The Labute approximate surface area is 74.9 Å². The fourth-order valence-electron chi connectivity index (χ4n) is 1.30. The van der Waals surface area contributed by atoms with Crippen LogP contribution in [0, 0.1) is 12.0 Å². The molecule has 0 heterocycles. The second-order valence-electron chi connectivity index (χ2n) is 3.22. The Balaban J connectivity index is 2.46. The molecule has 0 saturated heterocycles. The van der Waals surface area contributed by atoms with Crippen molar-refractivity contribution in [2.24, 2.45) is 5.92 Å². The molecule has 1 rings (SSSR count). The van der Waals surface area contributed by atoms with Gasteiger partial charge in [-0.15, -0.1) is 6.58 Å². The molecule has 63 valence electrons. The molecule has 0 aliphatic heterocycles. The second kappa shape index (κ2) is 4.76. The lowest BCUT2D eigenvalue weighted by Gasteiger charge is -2.07. The first-order chi connectivity index (χ1) is 5.83. The van der Waals surface area contributed by atoms with Crippen molar-refractivity contribution in [1.82, 2.24) is 0 Å². The molecule has 0 aliphatic carbocycles. The molecule has 0 fully saturated rings. The van der Waals surface area contributed by atoms with Gasteiger partial charge in [-0.1, -0.05) is 37.3 Å². The quantitative estimate of drug-likeness (QED) is 0.592. The van der Waals surface area contributed by atoms with Crippen LogP contribution in [0.1, 0.15) is 18.9 Å². The summed E-state index contributed by atoms with van der Waals surface area (Å²) in [4.78, 5) is 0. The van der Waals surface area contributed by atoms with Crippen molar-refractivity contribution in [2.45, 2.75) is 19.8 Å². The van der Waals surface area contributed by atoms with E-state index in [1.165, 1.54) is 5.56 Å². The van der Waals surface area contributed by atoms with Crippen LogP contribution >= 0.6 is 0 Å². The van der Waals surface area contributed by atoms with Gasteiger partial charge in [0.1, 0.15) is 0 Å². The molecule has 1 aromatic carbocycles. The van der Waals surface area contributed by atoms with Crippen molar-refractivity contribution in [3.05, 3.63) is 48.6 Å². The molecule has 0 saturated carbocycles. The van der Waals surface area contributed by atoms with Crippen LogP contribution in [0.4, 0.5) is 0 Å². The summed E-state index contributed by atoms with van der Waals surface area (Å²) in [6.45, 7) is 5.97. The van der Waals surface area contributed by atoms with Crippen molar-refractivity contribution in [3.63, 3.8) is 0 Å². The van der Waals surface area contributed by atoms with Gasteiger partial charge >= 0.3 is 0 Å². The molecule has 1 atom stereocenters. The average molecular weight is 159 g/mol. The van der Waals surface area contributed by atoms with E-state index >= 15 is 0 Å². The van der Waals surface area contributed by atoms with Gasteiger partial charge in [0.2, 0.25) is 0 Å². The first-order valence-electron chi connectivity index (χ1n) is 4.39. The summed E-state index contributed by atoms with van der Waals surface area (Å²) in [5.74, 6) is 0.682. The van der Waals surface area contributed by atoms with Crippen LogP contribution in [0.5, 0.6) is 0 Å². The molecule has 0 amide bonds. The van der Waals surface area contributed by atoms with E-state index in [2.05, 4.69) is 31.7 Å². The van der Waals surface area contributed by atoms with Crippen molar-refractivity contribution >= 4 is 0 Å². The highest BCUT2D eigenvalue weighted by atomic mass is 14.0. The lowest BCUT2D eigenvalue weighted by Crippen LogP contribution is -1.97. The summed E-state index contributed by atoms with van der Waals surface area (Å²) >= 11 is 0. The SMILES string of the molecule is C=CCC(C)Cc1[c]cccc1.